The lowest BCUT2D eigenvalue weighted by Crippen LogP contribution is -2.30. The predicted molar refractivity (Wildman–Crippen MR) is 145 cm³/mol. The second-order valence-electron chi connectivity index (χ2n) is 8.02. The molecule has 3 atom stereocenters. The number of aliphatic hydroxyl groups is 1. The molecular weight excluding hydrogens is 481 g/mol. The summed E-state index contributed by atoms with van der Waals surface area (Å²) in [5.74, 6) is -0.807. The van der Waals surface area contributed by atoms with Crippen LogP contribution in [0.25, 0.3) is 0 Å². The minimum Gasteiger partial charge on any atom is -0.457 e. The van der Waals surface area contributed by atoms with Crippen molar-refractivity contribution < 1.29 is 33.1 Å². The summed E-state index contributed by atoms with van der Waals surface area (Å²) in [5, 5.41) is 9.41. The fourth-order valence-electron chi connectivity index (χ4n) is 2.92. The van der Waals surface area contributed by atoms with E-state index >= 15 is 0 Å². The number of hydrogen-bond donors (Lipinski definition) is 3. The lowest BCUT2D eigenvalue weighted by Gasteiger charge is -2.20. The zero-order chi connectivity index (χ0) is 26.9. The molecule has 0 spiro atoms. The molecule has 0 rings (SSSR count). The second-order valence-corrected chi connectivity index (χ2v) is 9.47. The molecular formula is C27H46NO7P. The maximum atomic E-state index is 12.4. The van der Waals surface area contributed by atoms with Gasteiger partial charge in [-0.25, -0.2) is 4.57 Å². The number of hydrogen-bond acceptors (Lipinski definition) is 7. The average molecular weight is 528 g/mol. The van der Waals surface area contributed by atoms with Gasteiger partial charge in [0.15, 0.2) is 0 Å². The Kier molecular flexibility index (Phi) is 22.4. The van der Waals surface area contributed by atoms with Gasteiger partial charge in [0.25, 0.3) is 0 Å². The van der Waals surface area contributed by atoms with Crippen molar-refractivity contribution in [3.8, 4) is 0 Å². The van der Waals surface area contributed by atoms with Crippen LogP contribution in [0.15, 0.2) is 60.8 Å². The van der Waals surface area contributed by atoms with E-state index in [2.05, 4.69) is 66.1 Å². The predicted octanol–water partition coefficient (Wildman–Crippen LogP) is 5.54. The van der Waals surface area contributed by atoms with Crippen molar-refractivity contribution in [1.29, 1.82) is 0 Å². The molecule has 0 bridgehead atoms. The highest BCUT2D eigenvalue weighted by Gasteiger charge is 2.26. The number of phosphoric acid groups is 1. The van der Waals surface area contributed by atoms with Crippen molar-refractivity contribution in [2.75, 3.05) is 26.4 Å². The molecule has 0 aromatic carbocycles. The van der Waals surface area contributed by atoms with Gasteiger partial charge >= 0.3 is 13.8 Å². The van der Waals surface area contributed by atoms with Crippen LogP contribution >= 0.6 is 7.82 Å². The van der Waals surface area contributed by atoms with Gasteiger partial charge in [0.1, 0.15) is 6.10 Å². The zero-order valence-corrected chi connectivity index (χ0v) is 22.8. The highest BCUT2D eigenvalue weighted by Crippen LogP contribution is 2.43. The van der Waals surface area contributed by atoms with Crippen molar-refractivity contribution in [3.63, 3.8) is 0 Å². The molecule has 0 saturated heterocycles. The highest BCUT2D eigenvalue weighted by atomic mass is 31.2. The van der Waals surface area contributed by atoms with Crippen molar-refractivity contribution in [2.45, 2.75) is 71.3 Å². The molecule has 0 heterocycles. The Hall–Kier alpha value is -1.80. The number of nitrogens with two attached hydrogens (primary N) is 1. The van der Waals surface area contributed by atoms with Crippen LogP contribution in [0.2, 0.25) is 0 Å². The Morgan fingerprint density at radius 1 is 0.889 bits per heavy atom. The molecule has 36 heavy (non-hydrogen) atoms. The van der Waals surface area contributed by atoms with Gasteiger partial charge < -0.3 is 20.5 Å². The first-order valence-corrected chi connectivity index (χ1v) is 14.3. The Bertz CT molecular complexity index is 746. The van der Waals surface area contributed by atoms with Crippen LogP contribution in [-0.2, 0) is 23.1 Å². The summed E-state index contributed by atoms with van der Waals surface area (Å²) in [7, 11) is -4.30. The summed E-state index contributed by atoms with van der Waals surface area (Å²) in [6.07, 6.45) is 27.0. The number of carbonyl (C=O) groups excluding carboxylic acids is 1. The molecule has 0 amide bonds. The maximum Gasteiger partial charge on any atom is 0.472 e. The number of carbonyl (C=O) groups is 1. The summed E-state index contributed by atoms with van der Waals surface area (Å²) in [4.78, 5) is 21.9. The molecule has 0 aliphatic rings. The van der Waals surface area contributed by atoms with Crippen LogP contribution in [0.4, 0.5) is 0 Å². The lowest BCUT2D eigenvalue weighted by molar-refractivity contribution is -0.158. The van der Waals surface area contributed by atoms with Gasteiger partial charge in [-0.1, -0.05) is 74.6 Å². The molecule has 0 saturated carbocycles. The van der Waals surface area contributed by atoms with E-state index in [1.807, 2.05) is 13.0 Å². The van der Waals surface area contributed by atoms with Crippen molar-refractivity contribution >= 4 is 13.8 Å². The number of allylic oxidation sites excluding steroid dienone is 10. The van der Waals surface area contributed by atoms with Gasteiger partial charge in [0, 0.05) is 6.54 Å². The minimum absolute atomic E-state index is 0.0579. The fourth-order valence-corrected chi connectivity index (χ4v) is 3.69. The number of esters is 1. The summed E-state index contributed by atoms with van der Waals surface area (Å²) in [6.45, 7) is 2.94. The van der Waals surface area contributed by atoms with E-state index < -0.39 is 33.1 Å². The van der Waals surface area contributed by atoms with Gasteiger partial charge in [-0.05, 0) is 51.4 Å². The standard InChI is InChI=1S/C27H46NO7P/c1-3-5-6-7-8-9-10-11-12-13-14-15-16-17-18-19-20-25(4-2)27(30)35-26(23-29)24-34-36(31,32)33-22-21-28/h5-6,8-9,11-12,14-15,17-18,25-26,29H,3-4,7,10,13,16,19-24,28H2,1-2H3,(H,31,32)/b6-5-,9-8-,12-11-,15-14-,18-17-/t25?,26-/m0/s1. The topological polar surface area (TPSA) is 128 Å². The number of rotatable bonds is 22. The third-order valence-electron chi connectivity index (χ3n) is 4.95. The van der Waals surface area contributed by atoms with Gasteiger partial charge in [0.05, 0.1) is 25.7 Å². The van der Waals surface area contributed by atoms with Gasteiger partial charge in [-0.2, -0.15) is 0 Å². The highest BCUT2D eigenvalue weighted by molar-refractivity contribution is 7.47. The van der Waals surface area contributed by atoms with Crippen LogP contribution in [0.1, 0.15) is 65.2 Å². The van der Waals surface area contributed by atoms with Crippen molar-refractivity contribution in [3.05, 3.63) is 60.8 Å². The first-order valence-electron chi connectivity index (χ1n) is 12.8. The molecule has 0 radical (unpaired) electrons. The molecule has 8 nitrogen and oxygen atoms in total. The Balaban J connectivity index is 4.16. The van der Waals surface area contributed by atoms with Gasteiger partial charge in [0.2, 0.25) is 0 Å². The quantitative estimate of drug-likeness (QED) is 0.0951. The summed E-state index contributed by atoms with van der Waals surface area (Å²) < 4.78 is 26.3. The van der Waals surface area contributed by atoms with E-state index in [9.17, 15) is 19.4 Å². The molecule has 0 aromatic heterocycles. The van der Waals surface area contributed by atoms with Crippen LogP contribution in [-0.4, -0.2) is 48.4 Å². The average Bonchev–Trinajstić information content (AvgIpc) is 2.87. The van der Waals surface area contributed by atoms with Crippen molar-refractivity contribution in [1.82, 2.24) is 0 Å². The summed E-state index contributed by atoms with van der Waals surface area (Å²) >= 11 is 0. The normalized spacial score (nSPS) is 16.0. The van der Waals surface area contributed by atoms with Gasteiger partial charge in [-0.3, -0.25) is 13.8 Å². The third-order valence-corrected chi connectivity index (χ3v) is 5.93. The molecule has 4 N–H and O–H groups in total. The monoisotopic (exact) mass is 527 g/mol. The number of phosphoric ester groups is 1. The Morgan fingerprint density at radius 3 is 1.89 bits per heavy atom. The molecule has 0 aliphatic carbocycles. The van der Waals surface area contributed by atoms with Crippen LogP contribution < -0.4 is 5.73 Å². The number of ether oxygens (including phenoxy) is 1. The van der Waals surface area contributed by atoms with Gasteiger partial charge in [-0.15, -0.1) is 0 Å². The lowest BCUT2D eigenvalue weighted by atomic mass is 10.0. The first kappa shape index (κ1) is 34.2. The van der Waals surface area contributed by atoms with Crippen LogP contribution in [0, 0.1) is 5.92 Å². The molecule has 0 aliphatic heterocycles. The van der Waals surface area contributed by atoms with E-state index in [-0.39, 0.29) is 19.1 Å². The molecule has 9 heteroatoms. The smallest absolute Gasteiger partial charge is 0.457 e. The number of aliphatic hydroxyl groups excluding tert-OH is 1. The summed E-state index contributed by atoms with van der Waals surface area (Å²) in [6, 6.07) is 0. The largest absolute Gasteiger partial charge is 0.472 e. The minimum atomic E-state index is -4.30. The molecule has 2 unspecified atom stereocenters. The zero-order valence-electron chi connectivity index (χ0n) is 21.9. The third kappa shape index (κ3) is 20.4. The van der Waals surface area contributed by atoms with Crippen molar-refractivity contribution in [2.24, 2.45) is 11.7 Å². The van der Waals surface area contributed by atoms with Crippen LogP contribution in [0.5, 0.6) is 0 Å². The first-order chi connectivity index (χ1) is 17.4. The second kappa shape index (κ2) is 23.6. The van der Waals surface area contributed by atoms with E-state index in [1.54, 1.807) is 0 Å². The molecule has 0 aromatic rings. The van der Waals surface area contributed by atoms with E-state index in [1.165, 1.54) is 0 Å². The fraction of sp³-hybridized carbons (Fsp3) is 0.593. The summed E-state index contributed by atoms with van der Waals surface area (Å²) in [5.41, 5.74) is 5.21. The SMILES string of the molecule is CC/C=C\C/C=C\C/C=C\C/C=C\C/C=C\CCC(CC)C(=O)O[C@@H](CO)COP(=O)(O)OCCN. The Labute approximate surface area is 217 Å². The van der Waals surface area contributed by atoms with E-state index in [0.29, 0.717) is 12.8 Å². The Morgan fingerprint density at radius 2 is 1.42 bits per heavy atom. The maximum absolute atomic E-state index is 12.4. The van der Waals surface area contributed by atoms with E-state index in [0.717, 1.165) is 38.5 Å². The molecule has 0 fully saturated rings. The van der Waals surface area contributed by atoms with Crippen LogP contribution in [0.3, 0.4) is 0 Å². The van der Waals surface area contributed by atoms with E-state index in [4.69, 9.17) is 15.0 Å². The molecule has 206 valence electrons.